The molecule has 4 rings (SSSR count). The van der Waals surface area contributed by atoms with Crippen LogP contribution >= 0.6 is 0 Å². The zero-order valence-electron chi connectivity index (χ0n) is 19.1. The van der Waals surface area contributed by atoms with E-state index in [-0.39, 0.29) is 23.1 Å². The summed E-state index contributed by atoms with van der Waals surface area (Å²) < 4.78 is 12.0. The van der Waals surface area contributed by atoms with Crippen LogP contribution in [0.15, 0.2) is 42.6 Å². The number of imidazole rings is 1. The van der Waals surface area contributed by atoms with Crippen LogP contribution < -0.4 is 0 Å². The van der Waals surface area contributed by atoms with E-state index in [9.17, 15) is 15.0 Å². The molecule has 8 heteroatoms. The third-order valence-corrected chi connectivity index (χ3v) is 5.87. The monoisotopic (exact) mass is 451 g/mol. The van der Waals surface area contributed by atoms with Crippen molar-refractivity contribution in [3.63, 3.8) is 0 Å². The highest BCUT2D eigenvalue weighted by Gasteiger charge is 2.23. The summed E-state index contributed by atoms with van der Waals surface area (Å²) in [7, 11) is 1.32. The molecule has 2 heterocycles. The van der Waals surface area contributed by atoms with Crippen molar-refractivity contribution in [2.45, 2.75) is 26.3 Å². The lowest BCUT2D eigenvalue weighted by Gasteiger charge is -2.26. The van der Waals surface area contributed by atoms with Crippen LogP contribution in [0.1, 0.15) is 41.4 Å². The van der Waals surface area contributed by atoms with E-state index in [0.29, 0.717) is 22.6 Å². The maximum absolute atomic E-state index is 12.5. The molecule has 174 valence electrons. The largest absolute Gasteiger partial charge is 0.508 e. The Morgan fingerprint density at radius 1 is 1.12 bits per heavy atom. The van der Waals surface area contributed by atoms with Gasteiger partial charge in [0.15, 0.2) is 5.69 Å². The molecule has 2 N–H and O–H groups in total. The van der Waals surface area contributed by atoms with Gasteiger partial charge in [0, 0.05) is 31.4 Å². The second-order valence-electron chi connectivity index (χ2n) is 8.43. The topological polar surface area (TPSA) is 97.1 Å². The number of benzene rings is 2. The molecule has 0 radical (unpaired) electrons. The summed E-state index contributed by atoms with van der Waals surface area (Å²) >= 11 is 0. The van der Waals surface area contributed by atoms with Crippen LogP contribution in [0.5, 0.6) is 11.5 Å². The van der Waals surface area contributed by atoms with Gasteiger partial charge in [0.25, 0.3) is 0 Å². The first kappa shape index (κ1) is 22.8. The summed E-state index contributed by atoms with van der Waals surface area (Å²) in [6.07, 6.45) is 1.43. The van der Waals surface area contributed by atoms with Gasteiger partial charge in [-0.15, -0.1) is 0 Å². The first-order valence-corrected chi connectivity index (χ1v) is 11.0. The average molecular weight is 452 g/mol. The molecule has 1 aliphatic heterocycles. The van der Waals surface area contributed by atoms with Gasteiger partial charge in [0.1, 0.15) is 17.3 Å². The Balaban J connectivity index is 1.76. The van der Waals surface area contributed by atoms with Crippen molar-refractivity contribution < 1.29 is 24.5 Å². The van der Waals surface area contributed by atoms with E-state index in [1.54, 1.807) is 10.6 Å². The first-order valence-electron chi connectivity index (χ1n) is 11.0. The number of methoxy groups -OCH3 is 1. The first-order chi connectivity index (χ1) is 15.9. The zero-order chi connectivity index (χ0) is 23.5. The summed E-state index contributed by atoms with van der Waals surface area (Å²) in [6, 6.07) is 10.9. The van der Waals surface area contributed by atoms with Crippen molar-refractivity contribution in [3.05, 3.63) is 59.4 Å². The molecule has 1 saturated heterocycles. The number of hydrogen-bond donors (Lipinski definition) is 2. The van der Waals surface area contributed by atoms with Gasteiger partial charge in [-0.2, -0.15) is 0 Å². The number of ether oxygens (including phenoxy) is 2. The Kier molecular flexibility index (Phi) is 6.67. The van der Waals surface area contributed by atoms with Crippen molar-refractivity contribution in [2.24, 2.45) is 0 Å². The van der Waals surface area contributed by atoms with E-state index in [1.165, 1.54) is 19.4 Å². The molecule has 0 spiro atoms. The van der Waals surface area contributed by atoms with Gasteiger partial charge in [-0.1, -0.05) is 26.0 Å². The molecule has 0 saturated carbocycles. The Bertz CT molecular complexity index is 1130. The lowest BCUT2D eigenvalue weighted by atomic mass is 9.98. The normalized spacial score (nSPS) is 14.5. The molecular formula is C25H29N3O5. The van der Waals surface area contributed by atoms with Crippen LogP contribution in [0, 0.1) is 0 Å². The van der Waals surface area contributed by atoms with E-state index < -0.39 is 5.97 Å². The molecule has 8 nitrogen and oxygen atoms in total. The van der Waals surface area contributed by atoms with E-state index in [2.05, 4.69) is 9.88 Å². The third kappa shape index (κ3) is 4.72. The highest BCUT2D eigenvalue weighted by atomic mass is 16.5. The molecule has 33 heavy (non-hydrogen) atoms. The summed E-state index contributed by atoms with van der Waals surface area (Å²) in [6.45, 7) is 8.02. The van der Waals surface area contributed by atoms with Crippen molar-refractivity contribution in [3.8, 4) is 28.6 Å². The van der Waals surface area contributed by atoms with Crippen LogP contribution in [-0.4, -0.2) is 64.0 Å². The number of carbonyl (C=O) groups is 1. The molecule has 2 aromatic carbocycles. The minimum absolute atomic E-state index is 0.0185. The third-order valence-electron chi connectivity index (χ3n) is 5.87. The molecule has 0 aliphatic carbocycles. The van der Waals surface area contributed by atoms with Crippen LogP contribution in [0.25, 0.3) is 17.1 Å². The van der Waals surface area contributed by atoms with E-state index in [0.717, 1.165) is 38.4 Å². The minimum atomic E-state index is -0.534. The zero-order valence-corrected chi connectivity index (χ0v) is 19.1. The number of hydrogen-bond acceptors (Lipinski definition) is 7. The molecular weight excluding hydrogens is 422 g/mol. The fourth-order valence-electron chi connectivity index (χ4n) is 4.06. The number of nitrogens with zero attached hydrogens (tertiary/aromatic N) is 3. The molecule has 1 aromatic heterocycles. The number of rotatable bonds is 6. The number of aromatic nitrogens is 2. The lowest BCUT2D eigenvalue weighted by molar-refractivity contribution is 0.0342. The average Bonchev–Trinajstić information content (AvgIpc) is 3.24. The Labute approximate surface area is 193 Å². The minimum Gasteiger partial charge on any atom is -0.508 e. The molecule has 0 atom stereocenters. The maximum atomic E-state index is 12.5. The van der Waals surface area contributed by atoms with Crippen molar-refractivity contribution >= 4 is 5.97 Å². The van der Waals surface area contributed by atoms with Gasteiger partial charge in [0.2, 0.25) is 0 Å². The van der Waals surface area contributed by atoms with Crippen molar-refractivity contribution in [2.75, 3.05) is 33.4 Å². The van der Waals surface area contributed by atoms with Gasteiger partial charge in [-0.3, -0.25) is 9.47 Å². The van der Waals surface area contributed by atoms with Gasteiger partial charge < -0.3 is 19.7 Å². The second kappa shape index (κ2) is 9.64. The van der Waals surface area contributed by atoms with Gasteiger partial charge >= 0.3 is 5.97 Å². The van der Waals surface area contributed by atoms with Gasteiger partial charge in [-0.25, -0.2) is 9.78 Å². The summed E-state index contributed by atoms with van der Waals surface area (Å²) in [4.78, 5) is 19.3. The molecule has 1 aliphatic rings. The Morgan fingerprint density at radius 2 is 1.82 bits per heavy atom. The highest BCUT2D eigenvalue weighted by molar-refractivity contribution is 5.89. The molecule has 0 bridgehead atoms. The maximum Gasteiger partial charge on any atom is 0.356 e. The van der Waals surface area contributed by atoms with Crippen LogP contribution in [0.3, 0.4) is 0 Å². The van der Waals surface area contributed by atoms with Gasteiger partial charge in [-0.05, 0) is 35.2 Å². The van der Waals surface area contributed by atoms with Crippen LogP contribution in [0.4, 0.5) is 0 Å². The predicted octanol–water partition coefficient (Wildman–Crippen LogP) is 3.69. The van der Waals surface area contributed by atoms with E-state index >= 15 is 0 Å². The SMILES string of the molecule is COC(=O)c1cnc(-c2cc(C(C)C)c(O)cc2O)n1-c1ccc(CN2CCOCC2)cc1. The standard InChI is InChI=1S/C25H29N3O5/c1-16(2)19-12-20(23(30)13-22(19)29)24-26-14-21(25(31)32-3)28(24)18-6-4-17(5-7-18)15-27-8-10-33-11-9-27/h4-7,12-14,16,29-30H,8-11,15H2,1-3H3. The molecule has 0 amide bonds. The van der Waals surface area contributed by atoms with E-state index in [4.69, 9.17) is 9.47 Å². The fourth-order valence-corrected chi connectivity index (χ4v) is 4.06. The number of aromatic hydroxyl groups is 2. The quantitative estimate of drug-likeness (QED) is 0.552. The molecule has 1 fully saturated rings. The number of phenols is 2. The molecule has 0 unspecified atom stereocenters. The number of esters is 1. The van der Waals surface area contributed by atoms with Crippen molar-refractivity contribution in [1.82, 2.24) is 14.5 Å². The smallest absolute Gasteiger partial charge is 0.356 e. The number of phenolic OH excluding ortho intramolecular Hbond substituents is 2. The Morgan fingerprint density at radius 3 is 2.45 bits per heavy atom. The van der Waals surface area contributed by atoms with Crippen LogP contribution in [-0.2, 0) is 16.0 Å². The summed E-state index contributed by atoms with van der Waals surface area (Å²) in [5.41, 5.74) is 3.21. The highest BCUT2D eigenvalue weighted by Crippen LogP contribution is 2.38. The summed E-state index contributed by atoms with van der Waals surface area (Å²) in [5.74, 6) is -0.217. The Hall–Kier alpha value is -3.36. The van der Waals surface area contributed by atoms with Crippen molar-refractivity contribution in [1.29, 1.82) is 0 Å². The summed E-state index contributed by atoms with van der Waals surface area (Å²) in [5, 5.41) is 20.9. The van der Waals surface area contributed by atoms with E-state index in [1.807, 2.05) is 38.1 Å². The van der Waals surface area contributed by atoms with Crippen LogP contribution in [0.2, 0.25) is 0 Å². The fraction of sp³-hybridized carbons (Fsp3) is 0.360. The molecule has 3 aromatic rings. The predicted molar refractivity (Wildman–Crippen MR) is 124 cm³/mol. The van der Waals surface area contributed by atoms with Gasteiger partial charge in [0.05, 0.1) is 32.1 Å². The number of morpholine rings is 1. The lowest BCUT2D eigenvalue weighted by Crippen LogP contribution is -2.35. The second-order valence-corrected chi connectivity index (χ2v) is 8.43. The number of carbonyl (C=O) groups excluding carboxylic acids is 1.